The van der Waals surface area contributed by atoms with Crippen LogP contribution in [-0.2, 0) is 27.8 Å². The standard InChI is InChI=1S/C23H28BrN3O3S/c1-26(16-17-6-3-2-4-7-17)12-5-11-25-31(29,30)21-15-20(24)14-19-10-13-27(22(19)21)23(28)18-8-9-18/h2-4,6-7,14-15,18,25H,5,8-13,16H2,1H3. The smallest absolute Gasteiger partial charge is 0.242 e. The van der Waals surface area contributed by atoms with Crippen molar-refractivity contribution in [1.82, 2.24) is 9.62 Å². The van der Waals surface area contributed by atoms with Crippen molar-refractivity contribution in [3.63, 3.8) is 0 Å². The fraction of sp³-hybridized carbons (Fsp3) is 0.435. The first-order valence-corrected chi connectivity index (χ1v) is 13.0. The van der Waals surface area contributed by atoms with Gasteiger partial charge < -0.3 is 9.80 Å². The summed E-state index contributed by atoms with van der Waals surface area (Å²) in [5.41, 5.74) is 2.70. The van der Waals surface area contributed by atoms with E-state index in [1.54, 1.807) is 11.0 Å². The van der Waals surface area contributed by atoms with Gasteiger partial charge in [0, 0.05) is 30.0 Å². The Hall–Kier alpha value is -1.74. The highest BCUT2D eigenvalue weighted by Crippen LogP contribution is 2.41. The fourth-order valence-corrected chi connectivity index (χ4v) is 6.06. The van der Waals surface area contributed by atoms with E-state index in [0.29, 0.717) is 31.6 Å². The Morgan fingerprint density at radius 1 is 1.23 bits per heavy atom. The number of hydrogen-bond donors (Lipinski definition) is 1. The number of benzene rings is 2. The highest BCUT2D eigenvalue weighted by Gasteiger charge is 2.39. The second kappa shape index (κ2) is 9.40. The van der Waals surface area contributed by atoms with Crippen LogP contribution in [0.5, 0.6) is 0 Å². The largest absolute Gasteiger partial charge is 0.310 e. The molecule has 1 aliphatic carbocycles. The highest BCUT2D eigenvalue weighted by molar-refractivity contribution is 9.10. The molecule has 1 amide bonds. The lowest BCUT2D eigenvalue weighted by Gasteiger charge is -2.21. The molecular weight excluding hydrogens is 478 g/mol. The minimum atomic E-state index is -3.73. The first kappa shape index (κ1) is 22.5. The van der Waals surface area contributed by atoms with Gasteiger partial charge in [-0.2, -0.15) is 0 Å². The molecule has 2 aliphatic rings. The van der Waals surface area contributed by atoms with Crippen LogP contribution in [0.25, 0.3) is 0 Å². The van der Waals surface area contributed by atoms with Crippen LogP contribution >= 0.6 is 15.9 Å². The molecule has 166 valence electrons. The zero-order valence-corrected chi connectivity index (χ0v) is 20.1. The van der Waals surface area contributed by atoms with Gasteiger partial charge in [0.2, 0.25) is 15.9 Å². The number of carbonyl (C=O) groups excluding carboxylic acids is 1. The third kappa shape index (κ3) is 5.37. The molecule has 1 heterocycles. The van der Waals surface area contributed by atoms with Crippen molar-refractivity contribution in [2.24, 2.45) is 5.92 Å². The van der Waals surface area contributed by atoms with Crippen LogP contribution < -0.4 is 9.62 Å². The number of rotatable bonds is 9. The van der Waals surface area contributed by atoms with E-state index in [9.17, 15) is 13.2 Å². The molecule has 0 atom stereocenters. The number of halogens is 1. The van der Waals surface area contributed by atoms with Crippen molar-refractivity contribution in [2.75, 3.05) is 31.6 Å². The van der Waals surface area contributed by atoms with Crippen LogP contribution in [0, 0.1) is 5.92 Å². The summed E-state index contributed by atoms with van der Waals surface area (Å²) in [4.78, 5) is 16.8. The molecule has 6 nitrogen and oxygen atoms in total. The number of hydrogen-bond acceptors (Lipinski definition) is 4. The predicted molar refractivity (Wildman–Crippen MR) is 126 cm³/mol. The molecule has 1 saturated carbocycles. The summed E-state index contributed by atoms with van der Waals surface area (Å²) < 4.78 is 29.8. The quantitative estimate of drug-likeness (QED) is 0.529. The summed E-state index contributed by atoms with van der Waals surface area (Å²) in [6.07, 6.45) is 3.18. The Morgan fingerprint density at radius 2 is 1.97 bits per heavy atom. The van der Waals surface area contributed by atoms with Gasteiger partial charge in [0.25, 0.3) is 0 Å². The Labute approximate surface area is 192 Å². The third-order valence-electron chi connectivity index (χ3n) is 5.78. The third-order valence-corrected chi connectivity index (χ3v) is 7.71. The van der Waals surface area contributed by atoms with Crippen molar-refractivity contribution < 1.29 is 13.2 Å². The van der Waals surface area contributed by atoms with E-state index in [0.717, 1.165) is 36.0 Å². The van der Waals surface area contributed by atoms with E-state index in [4.69, 9.17) is 0 Å². The van der Waals surface area contributed by atoms with Gasteiger partial charge in [-0.05, 0) is 62.5 Å². The molecule has 0 bridgehead atoms. The first-order valence-electron chi connectivity index (χ1n) is 10.7. The first-order chi connectivity index (χ1) is 14.8. The Bertz CT molecular complexity index is 1060. The maximum atomic E-state index is 13.1. The van der Waals surface area contributed by atoms with Crippen LogP contribution in [-0.4, -0.2) is 45.9 Å². The zero-order chi connectivity index (χ0) is 22.0. The lowest BCUT2D eigenvalue weighted by molar-refractivity contribution is -0.119. The van der Waals surface area contributed by atoms with E-state index >= 15 is 0 Å². The highest BCUT2D eigenvalue weighted by atomic mass is 79.9. The van der Waals surface area contributed by atoms with Gasteiger partial charge in [-0.25, -0.2) is 13.1 Å². The van der Waals surface area contributed by atoms with E-state index in [2.05, 4.69) is 37.7 Å². The second-order valence-electron chi connectivity index (χ2n) is 8.40. The summed E-state index contributed by atoms with van der Waals surface area (Å²) in [6.45, 7) is 2.50. The number of anilines is 1. The van der Waals surface area contributed by atoms with Gasteiger partial charge >= 0.3 is 0 Å². The molecule has 1 fully saturated rings. The molecule has 0 radical (unpaired) electrons. The van der Waals surface area contributed by atoms with Crippen LogP contribution in [0.4, 0.5) is 5.69 Å². The molecule has 4 rings (SSSR count). The Kier molecular flexibility index (Phi) is 6.81. The predicted octanol–water partition coefficient (Wildman–Crippen LogP) is 3.55. The van der Waals surface area contributed by atoms with Gasteiger partial charge in [-0.1, -0.05) is 46.3 Å². The van der Waals surface area contributed by atoms with Crippen molar-refractivity contribution in [3.8, 4) is 0 Å². The van der Waals surface area contributed by atoms with Crippen LogP contribution in [0.3, 0.4) is 0 Å². The molecule has 0 aromatic heterocycles. The molecule has 0 saturated heterocycles. The zero-order valence-electron chi connectivity index (χ0n) is 17.7. The molecule has 2 aromatic rings. The van der Waals surface area contributed by atoms with Crippen LogP contribution in [0.2, 0.25) is 0 Å². The number of nitrogens with zero attached hydrogens (tertiary/aromatic N) is 2. The van der Waals surface area contributed by atoms with Crippen molar-refractivity contribution >= 4 is 37.5 Å². The number of carbonyl (C=O) groups is 1. The average molecular weight is 506 g/mol. The molecular formula is C23H28BrN3O3S. The summed E-state index contributed by atoms with van der Waals surface area (Å²) in [5.74, 6) is 0.110. The summed E-state index contributed by atoms with van der Waals surface area (Å²) in [6, 6.07) is 13.7. The fourth-order valence-electron chi connectivity index (χ4n) is 4.05. The Balaban J connectivity index is 1.40. The minimum Gasteiger partial charge on any atom is -0.310 e. The molecule has 0 unspecified atom stereocenters. The van der Waals surface area contributed by atoms with Crippen molar-refractivity contribution in [2.45, 2.75) is 37.1 Å². The maximum Gasteiger partial charge on any atom is 0.242 e. The molecule has 1 aliphatic heterocycles. The lowest BCUT2D eigenvalue weighted by Crippen LogP contribution is -2.33. The second-order valence-corrected chi connectivity index (χ2v) is 11.1. The van der Waals surface area contributed by atoms with E-state index in [1.165, 1.54) is 5.56 Å². The summed E-state index contributed by atoms with van der Waals surface area (Å²) in [5, 5.41) is 0. The van der Waals surface area contributed by atoms with E-state index in [-0.39, 0.29) is 16.7 Å². The molecule has 0 spiro atoms. The van der Waals surface area contributed by atoms with Crippen LogP contribution in [0.1, 0.15) is 30.4 Å². The molecule has 2 aromatic carbocycles. The van der Waals surface area contributed by atoms with Gasteiger partial charge in [0.15, 0.2) is 0 Å². The number of nitrogens with one attached hydrogen (secondary N) is 1. The van der Waals surface area contributed by atoms with Crippen molar-refractivity contribution in [3.05, 3.63) is 58.1 Å². The number of amides is 1. The van der Waals surface area contributed by atoms with E-state index in [1.807, 2.05) is 31.3 Å². The molecule has 1 N–H and O–H groups in total. The molecule has 31 heavy (non-hydrogen) atoms. The summed E-state index contributed by atoms with van der Waals surface area (Å²) in [7, 11) is -1.70. The van der Waals surface area contributed by atoms with E-state index < -0.39 is 10.0 Å². The lowest BCUT2D eigenvalue weighted by atomic mass is 10.2. The van der Waals surface area contributed by atoms with Gasteiger partial charge in [0.1, 0.15) is 4.90 Å². The SMILES string of the molecule is CN(CCCNS(=O)(=O)c1cc(Br)cc2c1N(C(=O)C1CC1)CC2)Cc1ccccc1. The number of fused-ring (bicyclic) bond motifs is 1. The maximum absolute atomic E-state index is 13.1. The summed E-state index contributed by atoms with van der Waals surface area (Å²) >= 11 is 3.44. The van der Waals surface area contributed by atoms with Gasteiger partial charge in [-0.15, -0.1) is 0 Å². The van der Waals surface area contributed by atoms with Crippen molar-refractivity contribution in [1.29, 1.82) is 0 Å². The molecule has 8 heteroatoms. The normalized spacial score (nSPS) is 16.0. The van der Waals surface area contributed by atoms with Gasteiger partial charge in [0.05, 0.1) is 5.69 Å². The minimum absolute atomic E-state index is 0.0539. The average Bonchev–Trinajstić information content (AvgIpc) is 3.50. The Morgan fingerprint density at radius 3 is 2.68 bits per heavy atom. The topological polar surface area (TPSA) is 69.7 Å². The number of sulfonamides is 1. The monoisotopic (exact) mass is 505 g/mol. The van der Waals surface area contributed by atoms with Gasteiger partial charge in [-0.3, -0.25) is 4.79 Å². The van der Waals surface area contributed by atoms with Crippen LogP contribution in [0.15, 0.2) is 51.8 Å².